The predicted molar refractivity (Wildman–Crippen MR) is 43.3 cm³/mol. The second kappa shape index (κ2) is 9.59. The summed E-state index contributed by atoms with van der Waals surface area (Å²) >= 11 is 5.73. The van der Waals surface area contributed by atoms with Crippen LogP contribution in [0.3, 0.4) is 0 Å². The number of carboxylic acid groups (broad SMARTS) is 1. The van der Waals surface area contributed by atoms with Crippen LogP contribution < -0.4 is 34.7 Å². The molecule has 0 aliphatic rings. The maximum absolute atomic E-state index is 9.94. The van der Waals surface area contributed by atoms with Crippen molar-refractivity contribution in [3.05, 3.63) is 12.2 Å². The molecule has 1 atom stereocenters. The van der Waals surface area contributed by atoms with E-state index in [1.54, 1.807) is 6.08 Å². The maximum Gasteiger partial charge on any atom is 1.00 e. The molecule has 0 N–H and O–H groups in total. The van der Waals surface area contributed by atoms with Gasteiger partial charge in [0.25, 0.3) is 0 Å². The molecule has 0 saturated heterocycles. The van der Waals surface area contributed by atoms with Gasteiger partial charge in [-0.2, -0.15) is 0 Å². The largest absolute Gasteiger partial charge is 1.00 e. The van der Waals surface area contributed by atoms with Crippen molar-refractivity contribution in [3.8, 4) is 0 Å². The van der Waals surface area contributed by atoms with Crippen LogP contribution in [0.4, 0.5) is 0 Å². The van der Waals surface area contributed by atoms with Crippen LogP contribution in [0.1, 0.15) is 26.2 Å². The van der Waals surface area contributed by atoms with Crippen molar-refractivity contribution < 1.29 is 39.5 Å². The summed E-state index contributed by atoms with van der Waals surface area (Å²) in [4.78, 5) is 9.94. The number of alkyl halides is 1. The predicted octanol–water partition coefficient (Wildman–Crippen LogP) is -1.91. The summed E-state index contributed by atoms with van der Waals surface area (Å²) in [7, 11) is 0. The van der Waals surface area contributed by atoms with E-state index in [2.05, 4.69) is 0 Å². The van der Waals surface area contributed by atoms with Gasteiger partial charge in [0, 0.05) is 5.97 Å². The number of allylic oxidation sites excluding steroid dienone is 2. The Morgan fingerprint density at radius 3 is 2.67 bits per heavy atom. The molecule has 0 rings (SSSR count). The van der Waals surface area contributed by atoms with Gasteiger partial charge in [0.15, 0.2) is 0 Å². The monoisotopic (exact) mass is 198 g/mol. The van der Waals surface area contributed by atoms with E-state index in [9.17, 15) is 9.90 Å². The average Bonchev–Trinajstić information content (AvgIpc) is 1.97. The minimum absolute atomic E-state index is 0. The third kappa shape index (κ3) is 10.5. The van der Waals surface area contributed by atoms with E-state index in [1.165, 1.54) is 0 Å². The molecule has 2 nitrogen and oxygen atoms in total. The van der Waals surface area contributed by atoms with Gasteiger partial charge in [-0.15, -0.1) is 11.6 Å². The summed E-state index contributed by atoms with van der Waals surface area (Å²) in [6, 6.07) is 0. The van der Waals surface area contributed by atoms with E-state index in [4.69, 9.17) is 11.6 Å². The molecule has 0 heterocycles. The van der Waals surface area contributed by atoms with Crippen LogP contribution >= 0.6 is 11.6 Å². The van der Waals surface area contributed by atoms with Gasteiger partial charge in [-0.05, 0) is 19.3 Å². The van der Waals surface area contributed by atoms with Gasteiger partial charge >= 0.3 is 29.6 Å². The number of halogens is 1. The van der Waals surface area contributed by atoms with Gasteiger partial charge in [-0.3, -0.25) is 0 Å². The molecule has 0 radical (unpaired) electrons. The third-order valence-corrected chi connectivity index (χ3v) is 1.70. The fourth-order valence-corrected chi connectivity index (χ4v) is 0.684. The van der Waals surface area contributed by atoms with E-state index in [1.807, 2.05) is 13.0 Å². The summed E-state index contributed by atoms with van der Waals surface area (Å²) in [6.45, 7) is 1.97. The topological polar surface area (TPSA) is 40.1 Å². The Morgan fingerprint density at radius 2 is 2.25 bits per heavy atom. The van der Waals surface area contributed by atoms with Crippen LogP contribution in [0.25, 0.3) is 0 Å². The Morgan fingerprint density at radius 1 is 1.67 bits per heavy atom. The molecular weight excluding hydrogens is 187 g/mol. The zero-order valence-corrected chi connectivity index (χ0v) is 10.3. The van der Waals surface area contributed by atoms with E-state index in [0.717, 1.165) is 6.42 Å². The minimum atomic E-state index is -1.02. The number of aliphatic carboxylic acids is 1. The zero-order chi connectivity index (χ0) is 8.69. The van der Waals surface area contributed by atoms with Gasteiger partial charge in [-0.1, -0.05) is 19.1 Å². The fourth-order valence-electron chi connectivity index (χ4n) is 0.581. The molecule has 0 aromatic heterocycles. The number of rotatable bonds is 5. The first-order chi connectivity index (χ1) is 5.16. The Hall–Kier alpha value is 0.500. The van der Waals surface area contributed by atoms with Crippen molar-refractivity contribution in [2.75, 3.05) is 0 Å². The number of carbonyl (C=O) groups excluding carboxylic acids is 1. The Bertz CT molecular complexity index is 148. The normalized spacial score (nSPS) is 12.5. The van der Waals surface area contributed by atoms with Gasteiger partial charge < -0.3 is 9.90 Å². The van der Waals surface area contributed by atoms with Gasteiger partial charge in [0.2, 0.25) is 0 Å². The molecule has 4 heteroatoms. The van der Waals surface area contributed by atoms with Crippen LogP contribution in [0.5, 0.6) is 0 Å². The number of carboxylic acids is 1. The molecule has 0 bridgehead atoms. The van der Waals surface area contributed by atoms with Crippen molar-refractivity contribution in [1.82, 2.24) is 0 Å². The van der Waals surface area contributed by atoms with E-state index < -0.39 is 5.97 Å². The van der Waals surface area contributed by atoms with E-state index in [0.29, 0.717) is 6.42 Å². The van der Waals surface area contributed by atoms with Crippen LogP contribution in [-0.2, 0) is 4.79 Å². The van der Waals surface area contributed by atoms with Crippen LogP contribution in [0.2, 0.25) is 0 Å². The molecule has 0 aromatic rings. The molecule has 64 valence electrons. The van der Waals surface area contributed by atoms with E-state index in [-0.39, 0.29) is 41.4 Å². The Kier molecular flexibility index (Phi) is 12.0. The summed E-state index contributed by atoms with van der Waals surface area (Å²) in [5.41, 5.74) is 0. The molecule has 0 saturated carbocycles. The zero-order valence-electron chi connectivity index (χ0n) is 7.55. The second-order valence-corrected chi connectivity index (χ2v) is 2.82. The first-order valence-corrected chi connectivity index (χ1v) is 4.11. The van der Waals surface area contributed by atoms with Crippen molar-refractivity contribution >= 4 is 17.6 Å². The molecule has 0 fully saturated rings. The molecule has 0 amide bonds. The van der Waals surface area contributed by atoms with Gasteiger partial charge in [0.1, 0.15) is 0 Å². The molecule has 0 aromatic carbocycles. The smallest absolute Gasteiger partial charge is 0.550 e. The molecule has 0 aliphatic heterocycles. The summed E-state index contributed by atoms with van der Waals surface area (Å²) in [5, 5.41) is 9.96. The van der Waals surface area contributed by atoms with Crippen LogP contribution in [-0.4, -0.2) is 11.3 Å². The van der Waals surface area contributed by atoms with Crippen LogP contribution in [0, 0.1) is 0 Å². The molecule has 0 aliphatic carbocycles. The minimum Gasteiger partial charge on any atom is -0.550 e. The third-order valence-electron chi connectivity index (χ3n) is 1.25. The summed E-state index contributed by atoms with van der Waals surface area (Å²) in [6.07, 6.45) is 5.03. The van der Waals surface area contributed by atoms with Gasteiger partial charge in [-0.25, -0.2) is 0 Å². The quantitative estimate of drug-likeness (QED) is 0.294. The van der Waals surface area contributed by atoms with E-state index >= 15 is 0 Å². The maximum atomic E-state index is 9.94. The van der Waals surface area contributed by atoms with Crippen LogP contribution in [0.15, 0.2) is 12.2 Å². The Balaban J connectivity index is 0. The van der Waals surface area contributed by atoms with Crippen molar-refractivity contribution in [3.63, 3.8) is 0 Å². The molecule has 12 heavy (non-hydrogen) atoms. The standard InChI is InChI=1S/C8H13ClO2.Na/c1-2-7(9)5-3-4-6-8(10)11;/h3,5,7H,2,4,6H2,1H3,(H,10,11);/q;+1/p-1/b5-3+;. The van der Waals surface area contributed by atoms with Crippen molar-refractivity contribution in [2.45, 2.75) is 31.6 Å². The van der Waals surface area contributed by atoms with Crippen molar-refractivity contribution in [1.29, 1.82) is 0 Å². The number of carbonyl (C=O) groups is 1. The number of hydrogen-bond donors (Lipinski definition) is 0. The molecular formula is C8H12ClNaO2. The Labute approximate surface area is 100 Å². The summed E-state index contributed by atoms with van der Waals surface area (Å²) in [5.74, 6) is -1.02. The molecule has 1 unspecified atom stereocenters. The fraction of sp³-hybridized carbons (Fsp3) is 0.625. The first kappa shape index (κ1) is 15.0. The van der Waals surface area contributed by atoms with Gasteiger partial charge in [0.05, 0.1) is 5.38 Å². The first-order valence-electron chi connectivity index (χ1n) is 3.67. The second-order valence-electron chi connectivity index (χ2n) is 2.26. The van der Waals surface area contributed by atoms with Crippen molar-refractivity contribution in [2.24, 2.45) is 0 Å². The molecule has 0 spiro atoms. The average molecular weight is 199 g/mol. The SMILES string of the molecule is CCC(Cl)/C=C/CCC(=O)[O-].[Na+]. The summed E-state index contributed by atoms with van der Waals surface area (Å²) < 4.78 is 0. The number of hydrogen-bond acceptors (Lipinski definition) is 2.